The van der Waals surface area contributed by atoms with Crippen LogP contribution in [0.5, 0.6) is 0 Å². The lowest BCUT2D eigenvalue weighted by atomic mass is 9.97. The molecule has 0 spiro atoms. The molecule has 1 aromatic heterocycles. The highest BCUT2D eigenvalue weighted by atomic mass is 19.4. The molecule has 1 fully saturated rings. The maximum atomic E-state index is 12.7. The van der Waals surface area contributed by atoms with Crippen LogP contribution in [-0.4, -0.2) is 42.0 Å². The number of esters is 1. The topological polar surface area (TPSA) is 101 Å². The van der Waals surface area contributed by atoms with E-state index in [0.29, 0.717) is 43.1 Å². The van der Waals surface area contributed by atoms with Crippen molar-refractivity contribution in [1.82, 2.24) is 4.98 Å². The van der Waals surface area contributed by atoms with Crippen LogP contribution in [0.1, 0.15) is 32.3 Å². The van der Waals surface area contributed by atoms with Crippen molar-refractivity contribution in [3.63, 3.8) is 0 Å². The molecule has 0 saturated carbocycles. The Morgan fingerprint density at radius 2 is 1.62 bits per heavy atom. The second-order valence-electron chi connectivity index (χ2n) is 7.99. The van der Waals surface area contributed by atoms with Crippen LogP contribution in [-0.2, 0) is 25.3 Å². The first-order valence-corrected chi connectivity index (χ1v) is 10.7. The molecule has 1 saturated heterocycles. The largest absolute Gasteiger partial charge is 0.452 e. The number of nitrogens with zero attached hydrogens (tertiary/aromatic N) is 2. The molecule has 3 rings (SSSR count). The summed E-state index contributed by atoms with van der Waals surface area (Å²) in [6.45, 7) is 3.72. The van der Waals surface area contributed by atoms with Gasteiger partial charge in [0.25, 0.3) is 5.91 Å². The average molecular weight is 478 g/mol. The summed E-state index contributed by atoms with van der Waals surface area (Å²) in [4.78, 5) is 41.6. The van der Waals surface area contributed by atoms with Crippen molar-refractivity contribution in [3.8, 4) is 0 Å². The van der Waals surface area contributed by atoms with E-state index in [1.54, 1.807) is 24.3 Å². The summed E-state index contributed by atoms with van der Waals surface area (Å²) in [5.41, 5.74) is 0.257. The van der Waals surface area contributed by atoms with E-state index in [0.717, 1.165) is 12.3 Å². The molecule has 11 heteroatoms. The molecule has 0 aliphatic carbocycles. The summed E-state index contributed by atoms with van der Waals surface area (Å²) in [5, 5.41) is 5.27. The highest BCUT2D eigenvalue weighted by molar-refractivity contribution is 5.95. The van der Waals surface area contributed by atoms with Gasteiger partial charge in [0, 0.05) is 37.6 Å². The van der Waals surface area contributed by atoms with E-state index < -0.39 is 35.6 Å². The number of rotatable bonds is 6. The lowest BCUT2D eigenvalue weighted by Crippen LogP contribution is -2.39. The van der Waals surface area contributed by atoms with Crippen LogP contribution in [0.25, 0.3) is 0 Å². The van der Waals surface area contributed by atoms with Gasteiger partial charge >= 0.3 is 12.1 Å². The Labute approximate surface area is 194 Å². The first kappa shape index (κ1) is 25.0. The molecule has 2 N–H and O–H groups in total. The minimum atomic E-state index is -4.44. The van der Waals surface area contributed by atoms with Crippen LogP contribution < -0.4 is 15.5 Å². The quantitative estimate of drug-likeness (QED) is 0.612. The zero-order chi connectivity index (χ0) is 24.9. The lowest BCUT2D eigenvalue weighted by Gasteiger charge is -2.32. The highest BCUT2D eigenvalue weighted by Gasteiger charge is 2.32. The number of anilines is 3. The number of carbonyl (C=O) groups excluding carboxylic acids is 3. The van der Waals surface area contributed by atoms with Gasteiger partial charge < -0.3 is 20.3 Å². The van der Waals surface area contributed by atoms with Gasteiger partial charge in [0.2, 0.25) is 5.91 Å². The number of nitrogens with one attached hydrogen (secondary N) is 2. The molecule has 2 aromatic rings. The molecule has 1 aliphatic heterocycles. The van der Waals surface area contributed by atoms with Gasteiger partial charge in [0.15, 0.2) is 6.10 Å². The smallest absolute Gasteiger partial charge is 0.417 e. The van der Waals surface area contributed by atoms with Gasteiger partial charge in [-0.3, -0.25) is 14.4 Å². The molecule has 0 bridgehead atoms. The fourth-order valence-corrected chi connectivity index (χ4v) is 3.49. The third-order valence-corrected chi connectivity index (χ3v) is 5.36. The van der Waals surface area contributed by atoms with Gasteiger partial charge in [-0.2, -0.15) is 13.2 Å². The van der Waals surface area contributed by atoms with Crippen molar-refractivity contribution in [2.24, 2.45) is 5.92 Å². The Bertz CT molecular complexity index is 1020. The van der Waals surface area contributed by atoms with Crippen molar-refractivity contribution >= 4 is 35.0 Å². The Kier molecular flexibility index (Phi) is 7.75. The molecule has 1 atom stereocenters. The molecule has 2 heterocycles. The molecule has 8 nitrogen and oxygen atoms in total. The van der Waals surface area contributed by atoms with Crippen LogP contribution in [0.3, 0.4) is 0 Å². The summed E-state index contributed by atoms with van der Waals surface area (Å²) in [6.07, 6.45) is -3.80. The number of benzene rings is 1. The minimum Gasteiger partial charge on any atom is -0.452 e. The molecule has 34 heavy (non-hydrogen) atoms. The zero-order valence-corrected chi connectivity index (χ0v) is 18.7. The van der Waals surface area contributed by atoms with Crippen LogP contribution in [0.15, 0.2) is 42.6 Å². The first-order chi connectivity index (χ1) is 16.0. The summed E-state index contributed by atoms with van der Waals surface area (Å²) in [7, 11) is 0. The van der Waals surface area contributed by atoms with E-state index in [4.69, 9.17) is 4.74 Å². The molecule has 0 unspecified atom stereocenters. The first-order valence-electron chi connectivity index (χ1n) is 10.7. The van der Waals surface area contributed by atoms with Crippen LogP contribution in [0.4, 0.5) is 30.4 Å². The van der Waals surface area contributed by atoms with Gasteiger partial charge in [-0.1, -0.05) is 0 Å². The van der Waals surface area contributed by atoms with E-state index in [1.165, 1.54) is 19.9 Å². The number of amides is 2. The molecule has 182 valence electrons. The summed E-state index contributed by atoms with van der Waals surface area (Å²) in [6, 6.07) is 8.79. The maximum absolute atomic E-state index is 12.7. The molecular weight excluding hydrogens is 453 g/mol. The normalized spacial score (nSPS) is 15.4. The third-order valence-electron chi connectivity index (χ3n) is 5.36. The van der Waals surface area contributed by atoms with Crippen molar-refractivity contribution in [1.29, 1.82) is 0 Å². The van der Waals surface area contributed by atoms with Gasteiger partial charge in [-0.15, -0.1) is 0 Å². The van der Waals surface area contributed by atoms with Gasteiger partial charge in [0.05, 0.1) is 11.5 Å². The summed E-state index contributed by atoms with van der Waals surface area (Å²) >= 11 is 0. The SMILES string of the molecule is CC(=O)Nc1ccc(NC(=O)[C@H](C)OC(=O)C2CCN(c3ccc(C(F)(F)F)cn3)CC2)cc1. The van der Waals surface area contributed by atoms with E-state index in [9.17, 15) is 27.6 Å². The monoisotopic (exact) mass is 478 g/mol. The summed E-state index contributed by atoms with van der Waals surface area (Å²) in [5.74, 6) is -1.20. The van der Waals surface area contributed by atoms with E-state index in [1.807, 2.05) is 4.90 Å². The standard InChI is InChI=1S/C23H25F3N4O4/c1-14(21(32)29-19-6-4-18(5-7-19)28-15(2)31)34-22(33)16-9-11-30(12-10-16)20-8-3-17(13-27-20)23(24,25)26/h3-8,13-14,16H,9-12H2,1-2H3,(H,28,31)(H,29,32)/t14-/m0/s1. The van der Waals surface area contributed by atoms with Crippen LogP contribution in [0.2, 0.25) is 0 Å². The van der Waals surface area contributed by atoms with E-state index >= 15 is 0 Å². The Morgan fingerprint density at radius 3 is 2.12 bits per heavy atom. The lowest BCUT2D eigenvalue weighted by molar-refractivity contribution is -0.158. The highest BCUT2D eigenvalue weighted by Crippen LogP contribution is 2.30. The van der Waals surface area contributed by atoms with Crippen molar-refractivity contribution < 1.29 is 32.3 Å². The number of ether oxygens (including phenoxy) is 1. The minimum absolute atomic E-state index is 0.209. The predicted molar refractivity (Wildman–Crippen MR) is 119 cm³/mol. The van der Waals surface area contributed by atoms with Crippen molar-refractivity contribution in [3.05, 3.63) is 48.2 Å². The van der Waals surface area contributed by atoms with E-state index in [2.05, 4.69) is 15.6 Å². The second kappa shape index (κ2) is 10.5. The fourth-order valence-electron chi connectivity index (χ4n) is 3.49. The van der Waals surface area contributed by atoms with Crippen LogP contribution in [0, 0.1) is 5.92 Å². The predicted octanol–water partition coefficient (Wildman–Crippen LogP) is 3.85. The molecule has 1 aromatic carbocycles. The number of carbonyl (C=O) groups is 3. The number of halogens is 3. The van der Waals surface area contributed by atoms with Gasteiger partial charge in [-0.05, 0) is 56.2 Å². The second-order valence-corrected chi connectivity index (χ2v) is 7.99. The van der Waals surface area contributed by atoms with Gasteiger partial charge in [0.1, 0.15) is 5.82 Å². The zero-order valence-electron chi connectivity index (χ0n) is 18.7. The number of pyridine rings is 1. The number of hydrogen-bond acceptors (Lipinski definition) is 6. The van der Waals surface area contributed by atoms with Gasteiger partial charge in [-0.25, -0.2) is 4.98 Å². The summed E-state index contributed by atoms with van der Waals surface area (Å²) < 4.78 is 43.4. The fraction of sp³-hybridized carbons (Fsp3) is 0.391. The Morgan fingerprint density at radius 1 is 1.03 bits per heavy atom. The number of piperidine rings is 1. The number of hydrogen-bond donors (Lipinski definition) is 2. The molecule has 0 radical (unpaired) electrons. The van der Waals surface area contributed by atoms with Crippen molar-refractivity contribution in [2.75, 3.05) is 28.6 Å². The molecule has 1 aliphatic rings. The maximum Gasteiger partial charge on any atom is 0.417 e. The third kappa shape index (κ3) is 6.69. The molecule has 2 amide bonds. The Balaban J connectivity index is 1.46. The molecular formula is C23H25F3N4O4. The Hall–Kier alpha value is -3.63. The van der Waals surface area contributed by atoms with E-state index in [-0.39, 0.29) is 5.91 Å². The average Bonchev–Trinajstić information content (AvgIpc) is 2.79. The number of alkyl halides is 3. The number of aromatic nitrogens is 1. The van der Waals surface area contributed by atoms with Crippen LogP contribution >= 0.6 is 0 Å². The van der Waals surface area contributed by atoms with Crippen molar-refractivity contribution in [2.45, 2.75) is 39.0 Å².